The molecule has 0 saturated heterocycles. The van der Waals surface area contributed by atoms with E-state index in [0.717, 1.165) is 11.1 Å². The minimum atomic E-state index is -0.851. The van der Waals surface area contributed by atoms with Gasteiger partial charge in [0.05, 0.1) is 19.2 Å². The minimum absolute atomic E-state index is 0.126. The molecule has 4 aromatic rings. The number of nitrogens with one attached hydrogen (secondary N) is 1. The van der Waals surface area contributed by atoms with Gasteiger partial charge in [0.2, 0.25) is 5.75 Å². The van der Waals surface area contributed by atoms with E-state index in [4.69, 9.17) is 9.26 Å². The van der Waals surface area contributed by atoms with E-state index in [1.54, 1.807) is 0 Å². The Bertz CT molecular complexity index is 1270. The van der Waals surface area contributed by atoms with Gasteiger partial charge in [0.25, 0.3) is 11.5 Å². The summed E-state index contributed by atoms with van der Waals surface area (Å²) in [6.07, 6.45) is 2.54. The molecule has 0 bridgehead atoms. The smallest absolute Gasteiger partial charge is 0.296 e. The topological polar surface area (TPSA) is 99.2 Å². The highest BCUT2D eigenvalue weighted by molar-refractivity contribution is 6.04. The Morgan fingerprint density at radius 1 is 1.12 bits per heavy atom. The predicted molar refractivity (Wildman–Crippen MR) is 124 cm³/mol. The number of carbonyl (C=O) groups excluding carboxylic acids is 1. The van der Waals surface area contributed by atoms with Crippen molar-refractivity contribution in [2.75, 3.05) is 19.1 Å². The number of ether oxygens (including phenoxy) is 1. The Morgan fingerprint density at radius 2 is 1.74 bits per heavy atom. The predicted octanol–water partition coefficient (Wildman–Crippen LogP) is 3.91. The molecule has 2 heterocycles. The molecule has 2 aromatic carbocycles. The van der Waals surface area contributed by atoms with Crippen molar-refractivity contribution in [3.63, 3.8) is 0 Å². The number of anilines is 1. The molecular weight excluding hydrogens is 439 g/mol. The van der Waals surface area contributed by atoms with Crippen LogP contribution in [-0.2, 0) is 7.05 Å². The summed E-state index contributed by atoms with van der Waals surface area (Å²) in [6.45, 7) is -0.812. The van der Waals surface area contributed by atoms with Gasteiger partial charge in [0, 0.05) is 13.0 Å². The fraction of sp³-hybridized carbons (Fsp3) is 0.200. The van der Waals surface area contributed by atoms with E-state index in [-0.39, 0.29) is 23.0 Å². The third kappa shape index (κ3) is 4.45. The SMILES string of the molecule is COc1c(C(=O)Nc2cnoc2)nc(C(CF)C(c2ccccc2)c2ccccc2)n(C)c1=O. The number of hydrogen-bond acceptors (Lipinski definition) is 6. The Hall–Kier alpha value is -4.27. The third-order valence-electron chi connectivity index (χ3n) is 5.61. The molecule has 2 aromatic heterocycles. The molecule has 0 aliphatic rings. The van der Waals surface area contributed by atoms with Crippen molar-refractivity contribution in [1.82, 2.24) is 14.7 Å². The highest BCUT2D eigenvalue weighted by atomic mass is 19.1. The molecule has 0 saturated carbocycles. The van der Waals surface area contributed by atoms with Crippen molar-refractivity contribution in [1.29, 1.82) is 0 Å². The Labute approximate surface area is 195 Å². The number of halogens is 1. The molecule has 174 valence electrons. The molecule has 4 rings (SSSR count). The number of rotatable bonds is 8. The number of amides is 1. The summed E-state index contributed by atoms with van der Waals surface area (Å²) in [5.74, 6) is -2.12. The zero-order chi connectivity index (χ0) is 24.1. The van der Waals surface area contributed by atoms with Crippen LogP contribution in [-0.4, -0.2) is 34.4 Å². The first-order valence-electron chi connectivity index (χ1n) is 10.6. The van der Waals surface area contributed by atoms with Crippen LogP contribution in [0.1, 0.15) is 39.3 Å². The monoisotopic (exact) mass is 462 g/mol. The minimum Gasteiger partial charge on any atom is -0.489 e. The second-order valence-corrected chi connectivity index (χ2v) is 7.64. The normalized spacial score (nSPS) is 11.9. The van der Waals surface area contributed by atoms with Gasteiger partial charge in [-0.2, -0.15) is 0 Å². The molecule has 0 spiro atoms. The molecule has 0 aliphatic carbocycles. The second-order valence-electron chi connectivity index (χ2n) is 7.64. The van der Waals surface area contributed by atoms with Crippen LogP contribution in [0, 0.1) is 0 Å². The van der Waals surface area contributed by atoms with Gasteiger partial charge in [-0.05, 0) is 11.1 Å². The van der Waals surface area contributed by atoms with E-state index < -0.39 is 30.0 Å². The second kappa shape index (κ2) is 10.1. The Morgan fingerprint density at radius 3 is 2.24 bits per heavy atom. The molecule has 1 amide bonds. The van der Waals surface area contributed by atoms with Gasteiger partial charge in [0.1, 0.15) is 24.4 Å². The third-order valence-corrected chi connectivity index (χ3v) is 5.61. The number of nitrogens with zero attached hydrogens (tertiary/aromatic N) is 3. The maximum atomic E-state index is 14.8. The lowest BCUT2D eigenvalue weighted by Crippen LogP contribution is -2.32. The lowest BCUT2D eigenvalue weighted by molar-refractivity contribution is 0.101. The first kappa shape index (κ1) is 22.9. The van der Waals surface area contributed by atoms with Crippen molar-refractivity contribution in [2.24, 2.45) is 7.05 Å². The van der Waals surface area contributed by atoms with Gasteiger partial charge in [-0.15, -0.1) is 0 Å². The van der Waals surface area contributed by atoms with E-state index in [2.05, 4.69) is 15.5 Å². The summed E-state index contributed by atoms with van der Waals surface area (Å²) in [5.41, 5.74) is 1.15. The quantitative estimate of drug-likeness (QED) is 0.426. The summed E-state index contributed by atoms with van der Waals surface area (Å²) in [5, 5.41) is 6.09. The van der Waals surface area contributed by atoms with E-state index in [1.165, 1.54) is 31.2 Å². The number of methoxy groups -OCH3 is 1. The maximum Gasteiger partial charge on any atom is 0.296 e. The van der Waals surface area contributed by atoms with Gasteiger partial charge < -0.3 is 14.6 Å². The zero-order valence-electron chi connectivity index (χ0n) is 18.6. The van der Waals surface area contributed by atoms with Crippen molar-refractivity contribution in [3.05, 3.63) is 106 Å². The lowest BCUT2D eigenvalue weighted by Gasteiger charge is -2.27. The molecule has 0 fully saturated rings. The van der Waals surface area contributed by atoms with Gasteiger partial charge in [0.15, 0.2) is 5.69 Å². The van der Waals surface area contributed by atoms with Crippen LogP contribution in [0.25, 0.3) is 0 Å². The van der Waals surface area contributed by atoms with Crippen molar-refractivity contribution >= 4 is 11.6 Å². The van der Waals surface area contributed by atoms with Crippen LogP contribution < -0.4 is 15.6 Å². The number of hydrogen-bond donors (Lipinski definition) is 1. The number of benzene rings is 2. The summed E-state index contributed by atoms with van der Waals surface area (Å²) >= 11 is 0. The van der Waals surface area contributed by atoms with Crippen molar-refractivity contribution in [2.45, 2.75) is 11.8 Å². The van der Waals surface area contributed by atoms with Crippen molar-refractivity contribution < 1.29 is 18.4 Å². The van der Waals surface area contributed by atoms with Crippen LogP contribution in [0.4, 0.5) is 10.1 Å². The molecule has 0 radical (unpaired) electrons. The van der Waals surface area contributed by atoms with Gasteiger partial charge in [-0.3, -0.25) is 18.5 Å². The Balaban J connectivity index is 1.87. The van der Waals surface area contributed by atoms with E-state index in [9.17, 15) is 14.0 Å². The molecule has 1 unspecified atom stereocenters. The summed E-state index contributed by atoms with van der Waals surface area (Å²) < 4.78 is 26.0. The zero-order valence-corrected chi connectivity index (χ0v) is 18.6. The average Bonchev–Trinajstić information content (AvgIpc) is 3.38. The highest BCUT2D eigenvalue weighted by Crippen LogP contribution is 2.38. The summed E-state index contributed by atoms with van der Waals surface area (Å²) in [7, 11) is 2.77. The largest absolute Gasteiger partial charge is 0.489 e. The average molecular weight is 462 g/mol. The number of aromatic nitrogens is 3. The molecule has 34 heavy (non-hydrogen) atoms. The number of carbonyl (C=O) groups is 1. The summed E-state index contributed by atoms with van der Waals surface area (Å²) in [4.78, 5) is 30.6. The van der Waals surface area contributed by atoms with Gasteiger partial charge in [-0.25, -0.2) is 4.98 Å². The van der Waals surface area contributed by atoms with E-state index in [1.807, 2.05) is 60.7 Å². The lowest BCUT2D eigenvalue weighted by atomic mass is 9.80. The maximum absolute atomic E-state index is 14.8. The van der Waals surface area contributed by atoms with E-state index in [0.29, 0.717) is 0 Å². The van der Waals surface area contributed by atoms with Crippen LogP contribution >= 0.6 is 0 Å². The first-order valence-corrected chi connectivity index (χ1v) is 10.6. The van der Waals surface area contributed by atoms with Crippen LogP contribution in [0.3, 0.4) is 0 Å². The molecule has 8 nitrogen and oxygen atoms in total. The summed E-state index contributed by atoms with van der Waals surface area (Å²) in [6, 6.07) is 18.9. The van der Waals surface area contributed by atoms with Crippen LogP contribution in [0.2, 0.25) is 0 Å². The van der Waals surface area contributed by atoms with Gasteiger partial charge in [-0.1, -0.05) is 65.8 Å². The Kier molecular flexibility index (Phi) is 6.82. The first-order chi connectivity index (χ1) is 16.5. The van der Waals surface area contributed by atoms with Crippen LogP contribution in [0.15, 0.2) is 82.4 Å². The highest BCUT2D eigenvalue weighted by Gasteiger charge is 2.32. The molecule has 1 N–H and O–H groups in total. The molecule has 0 aliphatic heterocycles. The number of alkyl halides is 1. The van der Waals surface area contributed by atoms with Gasteiger partial charge >= 0.3 is 0 Å². The standard InChI is InChI=1S/C25H23FN4O4/c1-30-23(29-21(22(33-2)25(30)32)24(31)28-18-14-27-34-15-18)19(13-26)20(16-9-5-3-6-10-16)17-11-7-4-8-12-17/h3-12,14-15,19-20H,13H2,1-2H3,(H,28,31). The molecule has 9 heteroatoms. The van der Waals surface area contributed by atoms with Crippen LogP contribution in [0.5, 0.6) is 5.75 Å². The fourth-order valence-electron chi connectivity index (χ4n) is 4.01. The fourth-order valence-corrected chi connectivity index (χ4v) is 4.01. The van der Waals surface area contributed by atoms with Crippen molar-refractivity contribution in [3.8, 4) is 5.75 Å². The molecule has 1 atom stereocenters. The molecular formula is C25H23FN4O4. The van der Waals surface area contributed by atoms with E-state index >= 15 is 0 Å².